The first-order valence-corrected chi connectivity index (χ1v) is 25.9. The van der Waals surface area contributed by atoms with E-state index in [4.69, 9.17) is 0 Å². The molecule has 2 nitrogen and oxygen atoms in total. The van der Waals surface area contributed by atoms with Crippen LogP contribution in [0.3, 0.4) is 0 Å². The zero-order valence-corrected chi connectivity index (χ0v) is 40.3. The monoisotopic (exact) mass is 936 g/mol. The number of para-hydroxylation sites is 3. The summed E-state index contributed by atoms with van der Waals surface area (Å²) in [6, 6.07) is 101. The molecule has 4 aliphatic rings. The van der Waals surface area contributed by atoms with Crippen LogP contribution in [-0.2, 0) is 10.8 Å². The van der Waals surface area contributed by atoms with Crippen LogP contribution >= 0.6 is 0 Å². The van der Waals surface area contributed by atoms with Gasteiger partial charge >= 0.3 is 0 Å². The third-order valence-electron chi connectivity index (χ3n) is 17.4. The van der Waals surface area contributed by atoms with Crippen LogP contribution in [0.1, 0.15) is 44.5 Å². The molecule has 0 amide bonds. The molecule has 2 spiro atoms. The molecular formula is C72H44N2. The fraction of sp³-hybridized carbons (Fsp3) is 0.0278. The van der Waals surface area contributed by atoms with Crippen LogP contribution in [0.15, 0.2) is 267 Å². The van der Waals surface area contributed by atoms with E-state index in [1.807, 2.05) is 0 Å². The van der Waals surface area contributed by atoms with Crippen molar-refractivity contribution in [3.05, 3.63) is 311 Å². The van der Waals surface area contributed by atoms with Crippen LogP contribution in [0, 0.1) is 0 Å². The van der Waals surface area contributed by atoms with Crippen LogP contribution < -0.4 is 4.90 Å². The maximum Gasteiger partial charge on any atom is 0.0754 e. The van der Waals surface area contributed by atoms with Crippen LogP contribution in [-0.4, -0.2) is 4.57 Å². The highest BCUT2D eigenvalue weighted by Crippen LogP contribution is 2.66. The third kappa shape index (κ3) is 4.86. The maximum absolute atomic E-state index is 2.55. The van der Waals surface area contributed by atoms with E-state index in [-0.39, 0.29) is 0 Å². The lowest BCUT2D eigenvalue weighted by atomic mass is 9.65. The second-order valence-corrected chi connectivity index (χ2v) is 20.6. The molecule has 2 heteroatoms. The molecule has 74 heavy (non-hydrogen) atoms. The summed E-state index contributed by atoms with van der Waals surface area (Å²) in [6.07, 6.45) is 0. The minimum Gasteiger partial charge on any atom is -0.310 e. The van der Waals surface area contributed by atoms with Gasteiger partial charge in [-0.25, -0.2) is 0 Å². The van der Waals surface area contributed by atoms with Gasteiger partial charge in [0.15, 0.2) is 0 Å². The lowest BCUT2D eigenvalue weighted by molar-refractivity contribution is 0.748. The van der Waals surface area contributed by atoms with Gasteiger partial charge in [0.05, 0.1) is 33.2 Å². The molecule has 0 saturated carbocycles. The zero-order valence-electron chi connectivity index (χ0n) is 40.3. The van der Waals surface area contributed by atoms with Gasteiger partial charge in [-0.3, -0.25) is 0 Å². The maximum atomic E-state index is 2.55. The number of rotatable bonds is 4. The van der Waals surface area contributed by atoms with Crippen LogP contribution in [0.5, 0.6) is 0 Å². The molecule has 12 aromatic carbocycles. The first kappa shape index (κ1) is 40.1. The minimum atomic E-state index is -0.543. The highest BCUT2D eigenvalue weighted by atomic mass is 15.1. The summed E-state index contributed by atoms with van der Waals surface area (Å²) in [5.41, 5.74) is 26.8. The molecule has 1 aliphatic heterocycles. The van der Waals surface area contributed by atoms with E-state index >= 15 is 0 Å². The van der Waals surface area contributed by atoms with Crippen molar-refractivity contribution in [2.45, 2.75) is 10.8 Å². The Labute approximate surface area is 429 Å². The van der Waals surface area contributed by atoms with Crippen LogP contribution in [0.25, 0.3) is 82.8 Å². The Morgan fingerprint density at radius 2 is 0.784 bits per heavy atom. The van der Waals surface area contributed by atoms with Crippen LogP contribution in [0.2, 0.25) is 0 Å². The van der Waals surface area contributed by atoms with Crippen molar-refractivity contribution in [3.8, 4) is 50.2 Å². The molecule has 3 aliphatic carbocycles. The Balaban J connectivity index is 0.937. The molecule has 0 saturated heterocycles. The van der Waals surface area contributed by atoms with E-state index in [2.05, 4.69) is 276 Å². The van der Waals surface area contributed by atoms with Crippen molar-refractivity contribution < 1.29 is 0 Å². The second-order valence-electron chi connectivity index (χ2n) is 20.6. The summed E-state index contributed by atoms with van der Waals surface area (Å²) in [5, 5.41) is 5.07. The quantitative estimate of drug-likeness (QED) is 0.171. The number of hydrogen-bond donors (Lipinski definition) is 0. The number of aromatic nitrogens is 1. The summed E-state index contributed by atoms with van der Waals surface area (Å²) in [4.78, 5) is 2.55. The molecule has 1 unspecified atom stereocenters. The lowest BCUT2D eigenvalue weighted by Gasteiger charge is -2.39. The normalized spacial score (nSPS) is 15.5. The summed E-state index contributed by atoms with van der Waals surface area (Å²) in [5.74, 6) is 0. The van der Waals surface area contributed by atoms with E-state index in [1.165, 1.54) is 127 Å². The van der Waals surface area contributed by atoms with E-state index in [0.29, 0.717) is 0 Å². The largest absolute Gasteiger partial charge is 0.310 e. The molecule has 1 aromatic heterocycles. The first-order valence-electron chi connectivity index (χ1n) is 25.9. The summed E-state index contributed by atoms with van der Waals surface area (Å²) < 4.78 is 2.53. The van der Waals surface area contributed by atoms with Gasteiger partial charge in [0.2, 0.25) is 0 Å². The fourth-order valence-electron chi connectivity index (χ4n) is 14.7. The van der Waals surface area contributed by atoms with Crippen molar-refractivity contribution in [3.63, 3.8) is 0 Å². The molecule has 1 atom stereocenters. The van der Waals surface area contributed by atoms with E-state index < -0.39 is 10.8 Å². The highest BCUT2D eigenvalue weighted by molar-refractivity contribution is 6.13. The third-order valence-corrected chi connectivity index (χ3v) is 17.4. The molecule has 0 radical (unpaired) electrons. The number of anilines is 3. The summed E-state index contributed by atoms with van der Waals surface area (Å²) >= 11 is 0. The fourth-order valence-corrected chi connectivity index (χ4v) is 14.7. The Hall–Kier alpha value is -9.50. The average molecular weight is 937 g/mol. The van der Waals surface area contributed by atoms with Crippen molar-refractivity contribution >= 4 is 49.6 Å². The predicted octanol–water partition coefficient (Wildman–Crippen LogP) is 18.1. The van der Waals surface area contributed by atoms with Crippen molar-refractivity contribution in [1.29, 1.82) is 0 Å². The first-order chi connectivity index (χ1) is 36.7. The second kappa shape index (κ2) is 14.6. The lowest BCUT2D eigenvalue weighted by Crippen LogP contribution is -2.33. The van der Waals surface area contributed by atoms with Gasteiger partial charge in [-0.2, -0.15) is 0 Å². The van der Waals surface area contributed by atoms with E-state index in [9.17, 15) is 0 Å². The molecule has 0 fully saturated rings. The standard InChI is InChI=1S/C72H44N2/c1-2-20-49-45(18-1)19-15-26-50(49)46-38-40-47(41-39-46)73(68-37-17-33-64-69(68)56-25-6-11-31-61(56)71(64)58-28-8-3-21-51(58)52-22-4-9-29-59(52)71)48-42-43-62-57(44-48)53-23-5-10-30-60(53)72(62)63-32-12-14-36-67(63)74-66-35-13-7-24-54(66)55-27-16-34-65(72)70(55)74/h1-44H. The van der Waals surface area contributed by atoms with Crippen molar-refractivity contribution in [2.24, 2.45) is 0 Å². The molecule has 13 aromatic rings. The summed E-state index contributed by atoms with van der Waals surface area (Å²) in [7, 11) is 0. The van der Waals surface area contributed by atoms with Gasteiger partial charge in [0, 0.05) is 27.7 Å². The van der Waals surface area contributed by atoms with E-state index in [0.717, 1.165) is 17.1 Å². The smallest absolute Gasteiger partial charge is 0.0754 e. The van der Waals surface area contributed by atoms with Gasteiger partial charge in [-0.15, -0.1) is 0 Å². The van der Waals surface area contributed by atoms with Gasteiger partial charge < -0.3 is 9.47 Å². The van der Waals surface area contributed by atoms with E-state index in [1.54, 1.807) is 0 Å². The summed E-state index contributed by atoms with van der Waals surface area (Å²) in [6.45, 7) is 0. The van der Waals surface area contributed by atoms with Gasteiger partial charge in [-0.05, 0) is 137 Å². The number of hydrogen-bond acceptors (Lipinski definition) is 1. The Bertz CT molecular complexity index is 4520. The Kier molecular flexibility index (Phi) is 7.90. The molecule has 17 rings (SSSR count). The zero-order chi connectivity index (χ0) is 48.3. The Morgan fingerprint density at radius 1 is 0.297 bits per heavy atom. The predicted molar refractivity (Wildman–Crippen MR) is 306 cm³/mol. The van der Waals surface area contributed by atoms with Gasteiger partial charge in [0.25, 0.3) is 0 Å². The molecule has 2 heterocycles. The molecular weight excluding hydrogens is 893 g/mol. The number of fused-ring (bicyclic) bond motifs is 23. The number of benzene rings is 12. The molecule has 0 N–H and O–H groups in total. The average Bonchev–Trinajstić information content (AvgIpc) is 4.19. The van der Waals surface area contributed by atoms with Crippen molar-refractivity contribution in [1.82, 2.24) is 4.57 Å². The SMILES string of the molecule is c1ccc2c(c1)-c1ccccc1C21c2ccccc2-c2c(N(c3ccc(-c4cccc5ccccc45)cc3)c3ccc4c(c3)-c3ccccc3C43c4ccccc4-n4c5ccccc5c5cccc3c54)cccc21. The number of nitrogens with zero attached hydrogens (tertiary/aromatic N) is 2. The van der Waals surface area contributed by atoms with Gasteiger partial charge in [0.1, 0.15) is 0 Å². The minimum absolute atomic E-state index is 0.472. The Morgan fingerprint density at radius 3 is 1.54 bits per heavy atom. The topological polar surface area (TPSA) is 8.17 Å². The molecule has 342 valence electrons. The van der Waals surface area contributed by atoms with Crippen molar-refractivity contribution in [2.75, 3.05) is 4.90 Å². The molecule has 0 bridgehead atoms. The van der Waals surface area contributed by atoms with Gasteiger partial charge in [-0.1, -0.05) is 224 Å². The van der Waals surface area contributed by atoms with Crippen LogP contribution in [0.4, 0.5) is 17.1 Å². The highest BCUT2D eigenvalue weighted by Gasteiger charge is 2.53.